The molecule has 0 atom stereocenters. The highest BCUT2D eigenvalue weighted by atomic mass is 127. The van der Waals surface area contributed by atoms with E-state index in [0.29, 0.717) is 19.0 Å². The topological polar surface area (TPSA) is 109 Å². The lowest BCUT2D eigenvalue weighted by Crippen LogP contribution is -2.40. The van der Waals surface area contributed by atoms with Crippen LogP contribution in [0.3, 0.4) is 0 Å². The van der Waals surface area contributed by atoms with Crippen molar-refractivity contribution < 1.29 is 8.42 Å². The lowest BCUT2D eigenvalue weighted by molar-refractivity contribution is 0.596. The summed E-state index contributed by atoms with van der Waals surface area (Å²) in [6.07, 6.45) is 1.70. The monoisotopic (exact) mass is 413 g/mol. The molecule has 0 fully saturated rings. The molecule has 0 bridgehead atoms. The van der Waals surface area contributed by atoms with Crippen molar-refractivity contribution in [2.75, 3.05) is 18.8 Å². The van der Waals surface area contributed by atoms with Crippen molar-refractivity contribution >= 4 is 40.0 Å². The number of halogens is 1. The van der Waals surface area contributed by atoms with Gasteiger partial charge in [-0.2, -0.15) is 0 Å². The van der Waals surface area contributed by atoms with Crippen LogP contribution in [0.2, 0.25) is 0 Å². The van der Waals surface area contributed by atoms with Gasteiger partial charge < -0.3 is 10.6 Å². The summed E-state index contributed by atoms with van der Waals surface area (Å²) in [6.45, 7) is 3.25. The third-order valence-electron chi connectivity index (χ3n) is 2.15. The highest BCUT2D eigenvalue weighted by Crippen LogP contribution is 1.95. The van der Waals surface area contributed by atoms with Crippen LogP contribution in [0, 0.1) is 0 Å². The number of nitrogens with zero attached hydrogens (tertiary/aromatic N) is 2. The molecule has 0 radical (unpaired) electrons. The molecule has 0 amide bonds. The van der Waals surface area contributed by atoms with E-state index in [4.69, 9.17) is 5.14 Å². The Hall–Kier alpha value is -0.940. The number of guanidine groups is 1. The van der Waals surface area contributed by atoms with Crippen LogP contribution in [-0.4, -0.2) is 38.2 Å². The van der Waals surface area contributed by atoms with Gasteiger partial charge in [0, 0.05) is 19.3 Å². The van der Waals surface area contributed by atoms with Crippen molar-refractivity contribution in [1.29, 1.82) is 0 Å². The smallest absolute Gasteiger partial charge is 0.210 e. The number of primary sulfonamides is 1. The molecular formula is C11H20IN5O2S. The second kappa shape index (κ2) is 9.88. The van der Waals surface area contributed by atoms with E-state index in [1.165, 1.54) is 0 Å². The summed E-state index contributed by atoms with van der Waals surface area (Å²) in [6, 6.07) is 5.60. The van der Waals surface area contributed by atoms with Gasteiger partial charge in [0.05, 0.1) is 18.0 Å². The van der Waals surface area contributed by atoms with Crippen molar-refractivity contribution in [2.45, 2.75) is 13.5 Å². The van der Waals surface area contributed by atoms with E-state index in [9.17, 15) is 8.42 Å². The maximum absolute atomic E-state index is 10.8. The average molecular weight is 413 g/mol. The van der Waals surface area contributed by atoms with Crippen molar-refractivity contribution in [3.05, 3.63) is 30.1 Å². The first kappa shape index (κ1) is 19.1. The van der Waals surface area contributed by atoms with E-state index in [2.05, 4.69) is 20.6 Å². The Balaban J connectivity index is 0.00000361. The normalized spacial score (nSPS) is 11.6. The highest BCUT2D eigenvalue weighted by Gasteiger charge is 2.03. The maximum atomic E-state index is 10.8. The van der Waals surface area contributed by atoms with Crippen molar-refractivity contribution in [2.24, 2.45) is 10.1 Å². The Kier molecular flexibility index (Phi) is 9.42. The van der Waals surface area contributed by atoms with Gasteiger partial charge in [0.25, 0.3) is 0 Å². The third kappa shape index (κ3) is 9.04. The number of sulfonamides is 1. The molecule has 0 aromatic carbocycles. The Morgan fingerprint density at radius 1 is 1.40 bits per heavy atom. The number of pyridine rings is 1. The second-order valence-corrected chi connectivity index (χ2v) is 5.54. The Bertz CT molecular complexity index is 507. The molecule has 0 aliphatic carbocycles. The number of nitrogens with two attached hydrogens (primary N) is 1. The highest BCUT2D eigenvalue weighted by molar-refractivity contribution is 14.0. The van der Waals surface area contributed by atoms with Crippen LogP contribution in [0.4, 0.5) is 0 Å². The molecule has 1 rings (SSSR count). The predicted molar refractivity (Wildman–Crippen MR) is 90.4 cm³/mol. The fourth-order valence-electron chi connectivity index (χ4n) is 1.31. The van der Waals surface area contributed by atoms with Gasteiger partial charge in [-0.1, -0.05) is 6.07 Å². The zero-order valence-corrected chi connectivity index (χ0v) is 14.4. The molecule has 0 unspecified atom stereocenters. The number of hydrogen-bond acceptors (Lipinski definition) is 4. The largest absolute Gasteiger partial charge is 0.357 e. The summed E-state index contributed by atoms with van der Waals surface area (Å²) in [5, 5.41) is 10.8. The van der Waals surface area contributed by atoms with Gasteiger partial charge in [-0.05, 0) is 19.1 Å². The molecule has 1 aromatic heterocycles. The molecule has 9 heteroatoms. The van der Waals surface area contributed by atoms with Crippen LogP contribution in [0.15, 0.2) is 29.4 Å². The van der Waals surface area contributed by atoms with Crippen molar-refractivity contribution in [3.8, 4) is 0 Å². The van der Waals surface area contributed by atoms with E-state index in [1.54, 1.807) is 6.20 Å². The van der Waals surface area contributed by atoms with Gasteiger partial charge >= 0.3 is 0 Å². The molecule has 0 aliphatic rings. The molecule has 114 valence electrons. The summed E-state index contributed by atoms with van der Waals surface area (Å²) >= 11 is 0. The van der Waals surface area contributed by atoms with E-state index in [0.717, 1.165) is 5.69 Å². The maximum Gasteiger partial charge on any atom is 0.210 e. The molecule has 0 saturated carbocycles. The van der Waals surface area contributed by atoms with Crippen molar-refractivity contribution in [3.63, 3.8) is 0 Å². The minimum absolute atomic E-state index is 0. The number of nitrogens with one attached hydrogen (secondary N) is 2. The zero-order chi connectivity index (χ0) is 14.1. The van der Waals surface area contributed by atoms with Crippen LogP contribution in [0.5, 0.6) is 0 Å². The summed E-state index contributed by atoms with van der Waals surface area (Å²) in [5.41, 5.74) is 0.839. The summed E-state index contributed by atoms with van der Waals surface area (Å²) in [4.78, 5) is 8.45. The fraction of sp³-hybridized carbons (Fsp3) is 0.455. The minimum atomic E-state index is -3.46. The Morgan fingerprint density at radius 2 is 2.15 bits per heavy atom. The Morgan fingerprint density at radius 3 is 2.70 bits per heavy atom. The zero-order valence-electron chi connectivity index (χ0n) is 11.2. The lowest BCUT2D eigenvalue weighted by Gasteiger charge is -2.10. The van der Waals surface area contributed by atoms with E-state index in [-0.39, 0.29) is 36.3 Å². The van der Waals surface area contributed by atoms with E-state index >= 15 is 0 Å². The van der Waals surface area contributed by atoms with E-state index < -0.39 is 10.0 Å². The lowest BCUT2D eigenvalue weighted by atomic mass is 10.3. The number of aromatic nitrogens is 1. The number of rotatable bonds is 6. The third-order valence-corrected chi connectivity index (χ3v) is 2.92. The second-order valence-electron chi connectivity index (χ2n) is 3.81. The van der Waals surface area contributed by atoms with Gasteiger partial charge in [-0.3, -0.25) is 4.98 Å². The summed E-state index contributed by atoms with van der Waals surface area (Å²) in [5.74, 6) is 0.401. The van der Waals surface area contributed by atoms with Crippen LogP contribution in [0.25, 0.3) is 0 Å². The first-order valence-electron chi connectivity index (χ1n) is 5.94. The molecule has 20 heavy (non-hydrogen) atoms. The molecule has 4 N–H and O–H groups in total. The molecule has 7 nitrogen and oxygen atoms in total. The number of aliphatic imine (C=N–C) groups is 1. The predicted octanol–water partition coefficient (Wildman–Crippen LogP) is 0.0432. The minimum Gasteiger partial charge on any atom is -0.357 e. The van der Waals surface area contributed by atoms with Gasteiger partial charge in [0.1, 0.15) is 0 Å². The fourth-order valence-corrected chi connectivity index (χ4v) is 1.69. The van der Waals surface area contributed by atoms with Crippen LogP contribution < -0.4 is 15.8 Å². The summed E-state index contributed by atoms with van der Waals surface area (Å²) in [7, 11) is -3.46. The first-order valence-corrected chi connectivity index (χ1v) is 7.65. The SMILES string of the molecule is CCNC(=NCc1ccccn1)NCCS(N)(=O)=O.I. The molecule has 1 aromatic rings. The van der Waals surface area contributed by atoms with Crippen molar-refractivity contribution in [1.82, 2.24) is 15.6 Å². The van der Waals surface area contributed by atoms with E-state index in [1.807, 2.05) is 25.1 Å². The average Bonchev–Trinajstić information content (AvgIpc) is 2.36. The molecule has 1 heterocycles. The quantitative estimate of drug-likeness (QED) is 0.347. The van der Waals surface area contributed by atoms with Gasteiger partial charge in [0.15, 0.2) is 5.96 Å². The molecule has 0 aliphatic heterocycles. The standard InChI is InChI=1S/C11H19N5O2S.HI/c1-2-13-11(15-7-8-19(12,17)18)16-9-10-5-3-4-6-14-10;/h3-6H,2,7-9H2,1H3,(H2,12,17,18)(H2,13,15,16);1H. The molecule has 0 saturated heterocycles. The molecule has 0 spiro atoms. The number of hydrogen-bond donors (Lipinski definition) is 3. The van der Waals surface area contributed by atoms with Crippen LogP contribution in [0.1, 0.15) is 12.6 Å². The van der Waals surface area contributed by atoms with Crippen LogP contribution in [-0.2, 0) is 16.6 Å². The van der Waals surface area contributed by atoms with Gasteiger partial charge in [-0.25, -0.2) is 18.5 Å². The Labute approximate surface area is 136 Å². The van der Waals surface area contributed by atoms with Crippen LogP contribution >= 0.6 is 24.0 Å². The summed E-state index contributed by atoms with van der Waals surface area (Å²) < 4.78 is 21.6. The molecular weight excluding hydrogens is 393 g/mol. The van der Waals surface area contributed by atoms with Gasteiger partial charge in [0.2, 0.25) is 10.0 Å². The van der Waals surface area contributed by atoms with Gasteiger partial charge in [-0.15, -0.1) is 24.0 Å². The first-order chi connectivity index (χ1) is 9.01.